The first-order valence-corrected chi connectivity index (χ1v) is 7.23. The highest BCUT2D eigenvalue weighted by atomic mass is 16.5. The summed E-state index contributed by atoms with van der Waals surface area (Å²) in [6.07, 6.45) is 3.51. The second kappa shape index (κ2) is 7.48. The average molecular weight is 284 g/mol. The predicted octanol–water partition coefficient (Wildman–Crippen LogP) is 4.31. The van der Waals surface area contributed by atoms with Crippen LogP contribution < -0.4 is 4.74 Å². The van der Waals surface area contributed by atoms with Gasteiger partial charge >= 0.3 is 5.97 Å². The number of aromatic carboxylic acids is 1. The first-order chi connectivity index (χ1) is 10.2. The third-order valence-electron chi connectivity index (χ3n) is 3.35. The summed E-state index contributed by atoms with van der Waals surface area (Å²) in [5.41, 5.74) is 2.57. The van der Waals surface area contributed by atoms with Crippen LogP contribution in [-0.4, -0.2) is 11.1 Å². The minimum Gasteiger partial charge on any atom is -0.489 e. The molecule has 2 rings (SSSR count). The first-order valence-electron chi connectivity index (χ1n) is 7.23. The lowest BCUT2D eigenvalue weighted by molar-refractivity contribution is 0.0697. The summed E-state index contributed by atoms with van der Waals surface area (Å²) in [5, 5.41) is 8.84. The van der Waals surface area contributed by atoms with Gasteiger partial charge in [0.15, 0.2) is 0 Å². The van der Waals surface area contributed by atoms with Crippen molar-refractivity contribution in [3.63, 3.8) is 0 Å². The van der Waals surface area contributed by atoms with Gasteiger partial charge < -0.3 is 9.84 Å². The molecule has 0 saturated heterocycles. The molecule has 0 bridgehead atoms. The molecule has 0 fully saturated rings. The van der Waals surface area contributed by atoms with E-state index in [0.717, 1.165) is 17.7 Å². The number of carboxylic acids is 1. The molecule has 0 heterocycles. The molecule has 2 aromatic rings. The molecule has 110 valence electrons. The predicted molar refractivity (Wildman–Crippen MR) is 82.8 cm³/mol. The Bertz CT molecular complexity index is 570. The fourth-order valence-electron chi connectivity index (χ4n) is 2.04. The standard InChI is InChI=1S/C18H20O3/c1-2-3-4-14-7-11-17(12-8-14)21-13-15-5-9-16(10-6-15)18(19)20/h5-12H,2-4,13H2,1H3,(H,19,20). The Morgan fingerprint density at radius 3 is 2.19 bits per heavy atom. The van der Waals surface area contributed by atoms with Gasteiger partial charge in [-0.25, -0.2) is 4.79 Å². The van der Waals surface area contributed by atoms with Crippen molar-refractivity contribution < 1.29 is 14.6 Å². The number of carbonyl (C=O) groups is 1. The van der Waals surface area contributed by atoms with Crippen molar-refractivity contribution in [3.05, 3.63) is 65.2 Å². The molecule has 0 unspecified atom stereocenters. The quantitative estimate of drug-likeness (QED) is 0.824. The van der Waals surface area contributed by atoms with E-state index < -0.39 is 5.97 Å². The van der Waals surface area contributed by atoms with Crippen LogP contribution in [0, 0.1) is 0 Å². The van der Waals surface area contributed by atoms with E-state index in [2.05, 4.69) is 19.1 Å². The van der Waals surface area contributed by atoms with Gasteiger partial charge in [0.25, 0.3) is 0 Å². The number of hydrogen-bond donors (Lipinski definition) is 1. The number of hydrogen-bond acceptors (Lipinski definition) is 2. The normalized spacial score (nSPS) is 10.3. The van der Waals surface area contributed by atoms with Crippen LogP contribution in [0.2, 0.25) is 0 Å². The molecular formula is C18H20O3. The second-order valence-corrected chi connectivity index (χ2v) is 5.04. The molecular weight excluding hydrogens is 264 g/mol. The Hall–Kier alpha value is -2.29. The van der Waals surface area contributed by atoms with Crippen LogP contribution in [0.4, 0.5) is 0 Å². The number of unbranched alkanes of at least 4 members (excludes halogenated alkanes) is 1. The average Bonchev–Trinajstić information content (AvgIpc) is 2.52. The van der Waals surface area contributed by atoms with Gasteiger partial charge in [-0.15, -0.1) is 0 Å². The van der Waals surface area contributed by atoms with Crippen molar-refractivity contribution in [2.45, 2.75) is 32.8 Å². The van der Waals surface area contributed by atoms with Crippen LogP contribution in [0.25, 0.3) is 0 Å². The zero-order chi connectivity index (χ0) is 15.1. The molecule has 0 atom stereocenters. The third kappa shape index (κ3) is 4.63. The highest BCUT2D eigenvalue weighted by Crippen LogP contribution is 2.16. The second-order valence-electron chi connectivity index (χ2n) is 5.04. The molecule has 0 aliphatic carbocycles. The smallest absolute Gasteiger partial charge is 0.335 e. The van der Waals surface area contributed by atoms with Crippen molar-refractivity contribution in [1.29, 1.82) is 0 Å². The van der Waals surface area contributed by atoms with Gasteiger partial charge in [-0.2, -0.15) is 0 Å². The number of carboxylic acid groups (broad SMARTS) is 1. The highest BCUT2D eigenvalue weighted by Gasteiger charge is 2.02. The lowest BCUT2D eigenvalue weighted by Gasteiger charge is -2.07. The van der Waals surface area contributed by atoms with Gasteiger partial charge in [-0.05, 0) is 48.2 Å². The minimum absolute atomic E-state index is 0.291. The summed E-state index contributed by atoms with van der Waals surface area (Å²) in [7, 11) is 0. The lowest BCUT2D eigenvalue weighted by Crippen LogP contribution is -1.99. The summed E-state index contributed by atoms with van der Waals surface area (Å²) < 4.78 is 5.70. The first kappa shape index (κ1) is 15.1. The SMILES string of the molecule is CCCCc1ccc(OCc2ccc(C(=O)O)cc2)cc1. The number of aryl methyl sites for hydroxylation is 1. The Balaban J connectivity index is 1.88. The summed E-state index contributed by atoms with van der Waals surface area (Å²) in [6.45, 7) is 2.63. The number of benzene rings is 2. The van der Waals surface area contributed by atoms with Crippen molar-refractivity contribution in [1.82, 2.24) is 0 Å². The highest BCUT2D eigenvalue weighted by molar-refractivity contribution is 5.87. The van der Waals surface area contributed by atoms with Crippen LogP contribution in [0.15, 0.2) is 48.5 Å². The van der Waals surface area contributed by atoms with Gasteiger partial charge in [0.1, 0.15) is 12.4 Å². The fraction of sp³-hybridized carbons (Fsp3) is 0.278. The third-order valence-corrected chi connectivity index (χ3v) is 3.35. The van der Waals surface area contributed by atoms with Crippen molar-refractivity contribution in [2.75, 3.05) is 0 Å². The van der Waals surface area contributed by atoms with E-state index in [1.165, 1.54) is 18.4 Å². The van der Waals surface area contributed by atoms with Crippen LogP contribution in [0.1, 0.15) is 41.3 Å². The van der Waals surface area contributed by atoms with E-state index in [4.69, 9.17) is 9.84 Å². The van der Waals surface area contributed by atoms with E-state index in [1.807, 2.05) is 12.1 Å². The molecule has 21 heavy (non-hydrogen) atoms. The van der Waals surface area contributed by atoms with E-state index in [0.29, 0.717) is 12.2 Å². The van der Waals surface area contributed by atoms with Gasteiger partial charge in [0, 0.05) is 0 Å². The molecule has 1 N–H and O–H groups in total. The fourth-order valence-corrected chi connectivity index (χ4v) is 2.04. The Labute approximate surface area is 125 Å². The van der Waals surface area contributed by atoms with E-state index in [1.54, 1.807) is 24.3 Å². The zero-order valence-corrected chi connectivity index (χ0v) is 12.2. The summed E-state index contributed by atoms with van der Waals surface area (Å²) >= 11 is 0. The van der Waals surface area contributed by atoms with Gasteiger partial charge in [-0.1, -0.05) is 37.6 Å². The molecule has 0 saturated carbocycles. The molecule has 3 nitrogen and oxygen atoms in total. The molecule has 0 spiro atoms. The Morgan fingerprint density at radius 2 is 1.62 bits per heavy atom. The maximum atomic E-state index is 10.8. The summed E-state index contributed by atoms with van der Waals surface area (Å²) in [5.74, 6) is -0.0808. The molecule has 0 aliphatic heterocycles. The summed E-state index contributed by atoms with van der Waals surface area (Å²) in [6, 6.07) is 14.9. The van der Waals surface area contributed by atoms with Crippen LogP contribution in [0.3, 0.4) is 0 Å². The summed E-state index contributed by atoms with van der Waals surface area (Å²) in [4.78, 5) is 10.8. The van der Waals surface area contributed by atoms with Crippen molar-refractivity contribution >= 4 is 5.97 Å². The Kier molecular flexibility index (Phi) is 5.38. The molecule has 0 aromatic heterocycles. The molecule has 2 aromatic carbocycles. The van der Waals surface area contributed by atoms with Crippen molar-refractivity contribution in [2.24, 2.45) is 0 Å². The maximum Gasteiger partial charge on any atom is 0.335 e. The van der Waals surface area contributed by atoms with Crippen molar-refractivity contribution in [3.8, 4) is 5.75 Å². The van der Waals surface area contributed by atoms with E-state index in [9.17, 15) is 4.79 Å². The molecule has 3 heteroatoms. The monoisotopic (exact) mass is 284 g/mol. The van der Waals surface area contributed by atoms with Crippen LogP contribution in [-0.2, 0) is 13.0 Å². The van der Waals surface area contributed by atoms with E-state index in [-0.39, 0.29) is 0 Å². The molecule has 0 radical (unpaired) electrons. The van der Waals surface area contributed by atoms with Crippen LogP contribution in [0.5, 0.6) is 5.75 Å². The van der Waals surface area contributed by atoms with Gasteiger partial charge in [0.2, 0.25) is 0 Å². The largest absolute Gasteiger partial charge is 0.489 e. The topological polar surface area (TPSA) is 46.5 Å². The lowest BCUT2D eigenvalue weighted by atomic mass is 10.1. The molecule has 0 aliphatic rings. The van der Waals surface area contributed by atoms with E-state index >= 15 is 0 Å². The van der Waals surface area contributed by atoms with Crippen LogP contribution >= 0.6 is 0 Å². The number of rotatable bonds is 7. The number of ether oxygens (including phenoxy) is 1. The zero-order valence-electron chi connectivity index (χ0n) is 12.2. The maximum absolute atomic E-state index is 10.8. The Morgan fingerprint density at radius 1 is 1.00 bits per heavy atom. The van der Waals surface area contributed by atoms with Gasteiger partial charge in [0.05, 0.1) is 5.56 Å². The molecule has 0 amide bonds. The minimum atomic E-state index is -0.912. The van der Waals surface area contributed by atoms with Gasteiger partial charge in [-0.3, -0.25) is 0 Å².